The minimum Gasteiger partial charge on any atom is -0.343 e. The lowest BCUT2D eigenvalue weighted by molar-refractivity contribution is -0.134. The van der Waals surface area contributed by atoms with Crippen LogP contribution in [0, 0.1) is 24.2 Å². The van der Waals surface area contributed by atoms with Gasteiger partial charge in [-0.15, -0.1) is 0 Å². The normalized spacial score (nSPS) is 16.7. The number of nitrogens with one attached hydrogen (secondary N) is 1. The van der Waals surface area contributed by atoms with Crippen LogP contribution in [0.2, 0.25) is 0 Å². The first-order chi connectivity index (χ1) is 10.5. The second-order valence-corrected chi connectivity index (χ2v) is 5.76. The van der Waals surface area contributed by atoms with Gasteiger partial charge in [0.15, 0.2) is 0 Å². The summed E-state index contributed by atoms with van der Waals surface area (Å²) in [4.78, 5) is 25.4. The first-order valence-corrected chi connectivity index (χ1v) is 7.53. The molecule has 1 aromatic rings. The summed E-state index contributed by atoms with van der Waals surface area (Å²) in [5.74, 6) is -0.180. The highest BCUT2D eigenvalue weighted by Crippen LogP contribution is 2.20. The Balaban J connectivity index is 1.94. The maximum Gasteiger partial charge on any atom is 0.224 e. The monoisotopic (exact) mass is 299 g/mol. The van der Waals surface area contributed by atoms with E-state index < -0.39 is 6.04 Å². The number of likely N-dealkylation sites (tertiary alicyclic amines) is 1. The number of nitrogens with zero attached hydrogens (tertiary/aromatic N) is 2. The fourth-order valence-electron chi connectivity index (χ4n) is 2.67. The molecule has 5 heteroatoms. The third-order valence-corrected chi connectivity index (χ3v) is 4.14. The summed E-state index contributed by atoms with van der Waals surface area (Å²) < 4.78 is 0. The summed E-state index contributed by atoms with van der Waals surface area (Å²) in [7, 11) is 0. The van der Waals surface area contributed by atoms with Gasteiger partial charge in [-0.05, 0) is 25.3 Å². The Bertz CT molecular complexity index is 581. The number of hydrogen-bond donors (Lipinski definition) is 1. The van der Waals surface area contributed by atoms with Gasteiger partial charge in [0.05, 0.1) is 6.07 Å². The summed E-state index contributed by atoms with van der Waals surface area (Å²) in [5, 5.41) is 12.1. The van der Waals surface area contributed by atoms with Crippen LogP contribution < -0.4 is 5.32 Å². The SMILES string of the molecule is CC(=O)N1CCC(C(=O)NC(C#N)c2ccc(C)cc2)CC1. The van der Waals surface area contributed by atoms with E-state index in [0.29, 0.717) is 25.9 Å². The topological polar surface area (TPSA) is 73.2 Å². The van der Waals surface area contributed by atoms with Gasteiger partial charge in [0.1, 0.15) is 6.04 Å². The van der Waals surface area contributed by atoms with Gasteiger partial charge >= 0.3 is 0 Å². The number of piperidine rings is 1. The Morgan fingerprint density at radius 3 is 2.36 bits per heavy atom. The van der Waals surface area contributed by atoms with Crippen LogP contribution in [0.1, 0.15) is 36.9 Å². The number of carbonyl (C=O) groups excluding carboxylic acids is 2. The van der Waals surface area contributed by atoms with Crippen LogP contribution in [-0.4, -0.2) is 29.8 Å². The lowest BCUT2D eigenvalue weighted by atomic mass is 9.95. The molecule has 1 N–H and O–H groups in total. The number of aryl methyl sites for hydroxylation is 1. The van der Waals surface area contributed by atoms with Crippen molar-refractivity contribution in [1.29, 1.82) is 5.26 Å². The van der Waals surface area contributed by atoms with Gasteiger partial charge in [-0.1, -0.05) is 29.8 Å². The van der Waals surface area contributed by atoms with Crippen molar-refractivity contribution >= 4 is 11.8 Å². The molecule has 1 atom stereocenters. The molecule has 1 heterocycles. The molecule has 0 saturated carbocycles. The molecule has 1 fully saturated rings. The minimum atomic E-state index is -0.626. The molecular formula is C17H21N3O2. The molecule has 1 unspecified atom stereocenters. The van der Waals surface area contributed by atoms with E-state index in [9.17, 15) is 14.9 Å². The first kappa shape index (κ1) is 16.0. The van der Waals surface area contributed by atoms with Crippen LogP contribution in [0.3, 0.4) is 0 Å². The summed E-state index contributed by atoms with van der Waals surface area (Å²) in [6, 6.07) is 9.09. The quantitative estimate of drug-likeness (QED) is 0.927. The predicted octanol–water partition coefficient (Wildman–Crippen LogP) is 1.93. The molecule has 2 amide bonds. The zero-order valence-electron chi connectivity index (χ0n) is 13.0. The van der Waals surface area contributed by atoms with E-state index in [-0.39, 0.29) is 17.7 Å². The molecule has 0 aromatic heterocycles. The molecule has 0 radical (unpaired) electrons. The van der Waals surface area contributed by atoms with Crippen LogP contribution in [0.4, 0.5) is 0 Å². The Kier molecular flexibility index (Phi) is 5.16. The van der Waals surface area contributed by atoms with E-state index in [1.807, 2.05) is 31.2 Å². The Labute approximate surface area is 130 Å². The van der Waals surface area contributed by atoms with E-state index in [2.05, 4.69) is 11.4 Å². The van der Waals surface area contributed by atoms with E-state index in [1.54, 1.807) is 11.8 Å². The summed E-state index contributed by atoms with van der Waals surface area (Å²) in [6.45, 7) is 4.74. The minimum absolute atomic E-state index is 0.0495. The number of nitriles is 1. The average molecular weight is 299 g/mol. The molecule has 1 aliphatic rings. The highest BCUT2D eigenvalue weighted by molar-refractivity contribution is 5.80. The van der Waals surface area contributed by atoms with Crippen molar-refractivity contribution in [3.8, 4) is 6.07 Å². The largest absolute Gasteiger partial charge is 0.343 e. The van der Waals surface area contributed by atoms with Crippen LogP contribution in [-0.2, 0) is 9.59 Å². The molecule has 0 aliphatic carbocycles. The molecule has 2 rings (SSSR count). The number of rotatable bonds is 3. The zero-order chi connectivity index (χ0) is 16.1. The molecule has 0 bridgehead atoms. The molecular weight excluding hydrogens is 278 g/mol. The van der Waals surface area contributed by atoms with E-state index >= 15 is 0 Å². The lowest BCUT2D eigenvalue weighted by Gasteiger charge is -2.31. The number of hydrogen-bond acceptors (Lipinski definition) is 3. The molecule has 1 aromatic carbocycles. The number of benzene rings is 1. The molecule has 1 saturated heterocycles. The highest BCUT2D eigenvalue weighted by atomic mass is 16.2. The van der Waals surface area contributed by atoms with Gasteiger partial charge in [-0.3, -0.25) is 9.59 Å². The number of carbonyl (C=O) groups is 2. The molecule has 22 heavy (non-hydrogen) atoms. The third kappa shape index (κ3) is 3.85. The van der Waals surface area contributed by atoms with E-state index in [0.717, 1.165) is 11.1 Å². The average Bonchev–Trinajstić information content (AvgIpc) is 2.53. The summed E-state index contributed by atoms with van der Waals surface area (Å²) >= 11 is 0. The second-order valence-electron chi connectivity index (χ2n) is 5.76. The van der Waals surface area contributed by atoms with Crippen molar-refractivity contribution < 1.29 is 9.59 Å². The van der Waals surface area contributed by atoms with Gasteiger partial charge in [0, 0.05) is 25.9 Å². The van der Waals surface area contributed by atoms with Crippen molar-refractivity contribution in [3.05, 3.63) is 35.4 Å². The van der Waals surface area contributed by atoms with Crippen molar-refractivity contribution in [1.82, 2.24) is 10.2 Å². The third-order valence-electron chi connectivity index (χ3n) is 4.14. The molecule has 116 valence electrons. The van der Waals surface area contributed by atoms with Crippen LogP contribution >= 0.6 is 0 Å². The summed E-state index contributed by atoms with van der Waals surface area (Å²) in [6.07, 6.45) is 1.30. The van der Waals surface area contributed by atoms with E-state index in [4.69, 9.17) is 0 Å². The van der Waals surface area contributed by atoms with Gasteiger partial charge in [-0.25, -0.2) is 0 Å². The fraction of sp³-hybridized carbons (Fsp3) is 0.471. The highest BCUT2D eigenvalue weighted by Gasteiger charge is 2.27. The van der Waals surface area contributed by atoms with Crippen molar-refractivity contribution in [2.24, 2.45) is 5.92 Å². The van der Waals surface area contributed by atoms with Gasteiger partial charge in [0.2, 0.25) is 11.8 Å². The summed E-state index contributed by atoms with van der Waals surface area (Å²) in [5.41, 5.74) is 1.91. The van der Waals surface area contributed by atoms with Crippen LogP contribution in [0.25, 0.3) is 0 Å². The fourth-order valence-corrected chi connectivity index (χ4v) is 2.67. The number of amides is 2. The van der Waals surface area contributed by atoms with Gasteiger partial charge < -0.3 is 10.2 Å². The van der Waals surface area contributed by atoms with Crippen molar-refractivity contribution in [2.45, 2.75) is 32.7 Å². The van der Waals surface area contributed by atoms with Crippen LogP contribution in [0.15, 0.2) is 24.3 Å². The molecule has 5 nitrogen and oxygen atoms in total. The van der Waals surface area contributed by atoms with Crippen molar-refractivity contribution in [2.75, 3.05) is 13.1 Å². The van der Waals surface area contributed by atoms with Gasteiger partial charge in [-0.2, -0.15) is 5.26 Å². The van der Waals surface area contributed by atoms with E-state index in [1.165, 1.54) is 0 Å². The van der Waals surface area contributed by atoms with Crippen LogP contribution in [0.5, 0.6) is 0 Å². The standard InChI is InChI=1S/C17H21N3O2/c1-12-3-5-14(6-4-12)16(11-18)19-17(22)15-7-9-20(10-8-15)13(2)21/h3-6,15-16H,7-10H2,1-2H3,(H,19,22). The maximum atomic E-state index is 12.3. The Morgan fingerprint density at radius 2 is 1.86 bits per heavy atom. The first-order valence-electron chi connectivity index (χ1n) is 7.53. The van der Waals surface area contributed by atoms with Gasteiger partial charge in [0.25, 0.3) is 0 Å². The molecule has 0 spiro atoms. The Morgan fingerprint density at radius 1 is 1.27 bits per heavy atom. The molecule has 1 aliphatic heterocycles. The Hall–Kier alpha value is -2.35. The lowest BCUT2D eigenvalue weighted by Crippen LogP contribution is -2.42. The zero-order valence-corrected chi connectivity index (χ0v) is 13.0. The second kappa shape index (κ2) is 7.08. The maximum absolute atomic E-state index is 12.3. The van der Waals surface area contributed by atoms with Crippen molar-refractivity contribution in [3.63, 3.8) is 0 Å². The predicted molar refractivity (Wildman–Crippen MR) is 82.7 cm³/mol. The smallest absolute Gasteiger partial charge is 0.224 e.